The summed E-state index contributed by atoms with van der Waals surface area (Å²) in [5, 5.41) is 3.11. The Kier molecular flexibility index (Phi) is 9.03. The van der Waals surface area contributed by atoms with Crippen LogP contribution in [0, 0.1) is 0 Å². The summed E-state index contributed by atoms with van der Waals surface area (Å²) in [6, 6.07) is 4.93. The number of methoxy groups -OCH3 is 2. The molecule has 0 fully saturated rings. The van der Waals surface area contributed by atoms with Gasteiger partial charge in [-0.05, 0) is 32.0 Å². The van der Waals surface area contributed by atoms with Gasteiger partial charge in [0.15, 0.2) is 11.5 Å². The van der Waals surface area contributed by atoms with Gasteiger partial charge in [-0.1, -0.05) is 0 Å². The van der Waals surface area contributed by atoms with Gasteiger partial charge >= 0.3 is 6.18 Å². The highest BCUT2D eigenvalue weighted by Crippen LogP contribution is 2.36. The maximum Gasteiger partial charge on any atom is 0.433 e. The summed E-state index contributed by atoms with van der Waals surface area (Å²) in [6.07, 6.45) is -3.01. The number of halogens is 3. The van der Waals surface area contributed by atoms with Crippen molar-refractivity contribution in [2.24, 2.45) is 9.98 Å². The average molecular weight is 467 g/mol. The number of nitrogens with zero attached hydrogens (tertiary/aromatic N) is 3. The second-order valence-corrected chi connectivity index (χ2v) is 6.90. The van der Waals surface area contributed by atoms with E-state index in [1.807, 2.05) is 0 Å². The van der Waals surface area contributed by atoms with Crippen molar-refractivity contribution in [3.05, 3.63) is 41.2 Å². The molecule has 0 saturated heterocycles. The number of alkyl halides is 3. The lowest BCUT2D eigenvalue weighted by Crippen LogP contribution is -2.29. The Bertz CT molecular complexity index is 1010. The highest BCUT2D eigenvalue weighted by Gasteiger charge is 2.33. The molecule has 0 saturated carbocycles. The molecule has 8 nitrogen and oxygen atoms in total. The minimum Gasteiger partial charge on any atom is -0.493 e. The second kappa shape index (κ2) is 11.5. The van der Waals surface area contributed by atoms with Crippen molar-refractivity contribution < 1.29 is 27.4 Å². The van der Waals surface area contributed by atoms with Crippen molar-refractivity contribution in [2.45, 2.75) is 26.1 Å². The number of aromatic nitrogens is 1. The lowest BCUT2D eigenvalue weighted by Gasteiger charge is -2.20. The smallest absolute Gasteiger partial charge is 0.433 e. The number of anilines is 1. The summed E-state index contributed by atoms with van der Waals surface area (Å²) in [5.41, 5.74) is 5.81. The van der Waals surface area contributed by atoms with Gasteiger partial charge in [0, 0.05) is 37.7 Å². The molecule has 0 spiro atoms. The number of ether oxygens (including phenoxy) is 3. The minimum atomic E-state index is -4.61. The van der Waals surface area contributed by atoms with Crippen LogP contribution in [-0.2, 0) is 10.9 Å². The third kappa shape index (κ3) is 6.82. The lowest BCUT2D eigenvalue weighted by atomic mass is 10.1. The molecule has 0 aliphatic carbocycles. The Labute approximate surface area is 190 Å². The number of nitrogen functional groups attached to an aromatic ring is 1. The van der Waals surface area contributed by atoms with Crippen LogP contribution in [0.25, 0.3) is 0 Å². The van der Waals surface area contributed by atoms with Gasteiger partial charge in [0.1, 0.15) is 18.1 Å². The van der Waals surface area contributed by atoms with E-state index < -0.39 is 17.9 Å². The van der Waals surface area contributed by atoms with E-state index in [2.05, 4.69) is 20.3 Å². The fraction of sp³-hybridized carbons (Fsp3) is 0.409. The Morgan fingerprint density at radius 2 is 1.91 bits per heavy atom. The number of hydrogen-bond donors (Lipinski definition) is 2. The highest BCUT2D eigenvalue weighted by molar-refractivity contribution is 6.04. The molecular formula is C22H28F3N5O3. The van der Waals surface area contributed by atoms with Crippen molar-refractivity contribution in [3.63, 3.8) is 0 Å². The van der Waals surface area contributed by atoms with E-state index >= 15 is 0 Å². The zero-order valence-electron chi connectivity index (χ0n) is 19.2. The third-order valence-electron chi connectivity index (χ3n) is 4.53. The van der Waals surface area contributed by atoms with Crippen LogP contribution in [0.15, 0.2) is 34.3 Å². The van der Waals surface area contributed by atoms with Crippen LogP contribution in [0.2, 0.25) is 0 Å². The second-order valence-electron chi connectivity index (χ2n) is 6.90. The highest BCUT2D eigenvalue weighted by atomic mass is 19.4. The van der Waals surface area contributed by atoms with Crippen LogP contribution >= 0.6 is 0 Å². The molecule has 33 heavy (non-hydrogen) atoms. The van der Waals surface area contributed by atoms with Crippen LogP contribution in [-0.4, -0.2) is 51.5 Å². The van der Waals surface area contributed by atoms with Gasteiger partial charge in [-0.2, -0.15) is 13.2 Å². The largest absolute Gasteiger partial charge is 0.493 e. The first kappa shape index (κ1) is 25.9. The van der Waals surface area contributed by atoms with E-state index in [1.54, 1.807) is 46.4 Å². The van der Waals surface area contributed by atoms with Gasteiger partial charge in [-0.15, -0.1) is 0 Å². The first-order valence-electron chi connectivity index (χ1n) is 10.0. The summed E-state index contributed by atoms with van der Waals surface area (Å²) < 4.78 is 55.7. The van der Waals surface area contributed by atoms with E-state index in [-0.39, 0.29) is 11.4 Å². The molecule has 1 aromatic carbocycles. The van der Waals surface area contributed by atoms with Gasteiger partial charge in [0.2, 0.25) is 0 Å². The molecule has 2 aromatic rings. The zero-order valence-corrected chi connectivity index (χ0v) is 19.2. The number of nitrogens with two attached hydrogens (primary N) is 1. The fourth-order valence-corrected chi connectivity index (χ4v) is 2.97. The quantitative estimate of drug-likeness (QED) is 0.326. The van der Waals surface area contributed by atoms with Crippen LogP contribution in [0.5, 0.6) is 11.5 Å². The van der Waals surface area contributed by atoms with E-state index in [9.17, 15) is 13.2 Å². The van der Waals surface area contributed by atoms with Crippen LogP contribution in [0.1, 0.15) is 36.8 Å². The van der Waals surface area contributed by atoms with Gasteiger partial charge in [-0.25, -0.2) is 4.98 Å². The predicted molar refractivity (Wildman–Crippen MR) is 122 cm³/mol. The van der Waals surface area contributed by atoms with E-state index in [0.29, 0.717) is 41.8 Å². The standard InChI is InChI=1S/C22H28F3N5O3/c1-6-28-17-12-18(32-5)19(33-8-7-31-4)11-15(17)21(27-3)29-13(2)16-9-14(26)10-20(30-16)22(23,24)25/h6,9-13H,7-8H2,1-5H3,(H2,26,30)(H,27,29)/t13-/m1/s1. The summed E-state index contributed by atoms with van der Waals surface area (Å²) >= 11 is 0. The molecule has 0 aliphatic rings. The molecule has 0 amide bonds. The molecule has 1 heterocycles. The number of benzene rings is 1. The average Bonchev–Trinajstić information content (AvgIpc) is 2.77. The molecule has 2 rings (SSSR count). The van der Waals surface area contributed by atoms with E-state index in [1.165, 1.54) is 13.2 Å². The van der Waals surface area contributed by atoms with Crippen LogP contribution < -0.4 is 20.5 Å². The molecule has 0 unspecified atom stereocenters. The van der Waals surface area contributed by atoms with Gasteiger partial charge in [0.05, 0.1) is 31.1 Å². The molecule has 0 bridgehead atoms. The number of aliphatic imine (C=N–C) groups is 2. The minimum absolute atomic E-state index is 0.0366. The normalized spacial score (nSPS) is 13.3. The Morgan fingerprint density at radius 1 is 1.18 bits per heavy atom. The molecule has 0 radical (unpaired) electrons. The molecular weight excluding hydrogens is 439 g/mol. The Balaban J connectivity index is 2.45. The van der Waals surface area contributed by atoms with Crippen LogP contribution in [0.4, 0.5) is 24.5 Å². The maximum atomic E-state index is 13.2. The Morgan fingerprint density at radius 3 is 2.48 bits per heavy atom. The van der Waals surface area contributed by atoms with E-state index in [0.717, 1.165) is 6.07 Å². The fourth-order valence-electron chi connectivity index (χ4n) is 2.97. The van der Waals surface area contributed by atoms with Crippen molar-refractivity contribution >= 4 is 23.4 Å². The lowest BCUT2D eigenvalue weighted by molar-refractivity contribution is -0.141. The number of amidine groups is 1. The first-order chi connectivity index (χ1) is 15.6. The number of rotatable bonds is 9. The SMILES string of the molecule is CC=Nc1cc(OC)c(OCCOC)cc1C(=NC)N[C@H](C)c1cc(N)cc(C(F)(F)F)n1. The van der Waals surface area contributed by atoms with Gasteiger partial charge in [0.25, 0.3) is 0 Å². The van der Waals surface area contributed by atoms with Crippen molar-refractivity contribution in [1.29, 1.82) is 0 Å². The summed E-state index contributed by atoms with van der Waals surface area (Å²) in [6.45, 7) is 4.08. The summed E-state index contributed by atoms with van der Waals surface area (Å²) in [7, 11) is 4.63. The third-order valence-corrected chi connectivity index (χ3v) is 4.53. The topological polar surface area (TPSA) is 103 Å². The van der Waals surface area contributed by atoms with Crippen molar-refractivity contribution in [3.8, 4) is 11.5 Å². The van der Waals surface area contributed by atoms with Crippen molar-refractivity contribution in [1.82, 2.24) is 10.3 Å². The van der Waals surface area contributed by atoms with Crippen molar-refractivity contribution in [2.75, 3.05) is 40.2 Å². The molecule has 0 aliphatic heterocycles. The molecule has 1 aromatic heterocycles. The zero-order chi connectivity index (χ0) is 24.6. The maximum absolute atomic E-state index is 13.2. The molecule has 1 atom stereocenters. The number of hydrogen-bond acceptors (Lipinski definition) is 7. The van der Waals surface area contributed by atoms with Crippen LogP contribution in [0.3, 0.4) is 0 Å². The number of nitrogens with one attached hydrogen (secondary N) is 1. The van der Waals surface area contributed by atoms with Gasteiger partial charge in [-0.3, -0.25) is 9.98 Å². The predicted octanol–water partition coefficient (Wildman–Crippen LogP) is 4.17. The molecule has 11 heteroatoms. The molecule has 3 N–H and O–H groups in total. The number of pyridine rings is 1. The summed E-state index contributed by atoms with van der Waals surface area (Å²) in [5.74, 6) is 1.28. The monoisotopic (exact) mass is 467 g/mol. The Hall–Kier alpha value is -3.34. The first-order valence-corrected chi connectivity index (χ1v) is 10.0. The molecule has 180 valence electrons. The summed E-state index contributed by atoms with van der Waals surface area (Å²) in [4.78, 5) is 12.4. The van der Waals surface area contributed by atoms with E-state index in [4.69, 9.17) is 19.9 Å². The van der Waals surface area contributed by atoms with Gasteiger partial charge < -0.3 is 25.3 Å².